The van der Waals surface area contributed by atoms with Crippen LogP contribution in [0.15, 0.2) is 170 Å². The molecule has 0 fully saturated rings. The van der Waals surface area contributed by atoms with Crippen LogP contribution in [0.2, 0.25) is 0 Å². The van der Waals surface area contributed by atoms with Gasteiger partial charge in [-0.25, -0.2) is 4.57 Å². The molecule has 2 aliphatic rings. The summed E-state index contributed by atoms with van der Waals surface area (Å²) in [5, 5.41) is 6.44. The number of rotatable bonds is 2. The number of para-hydroxylation sites is 6. The SMILES string of the molecule is Cc1cccc2c3ccccc3n3c4c(-c5cc6c7c(c5)-n5c8ccccc8c8cccc(c85)B7c5ccccc5N6c5ccccc5)cccc4[n+](C)c3c12. The summed E-state index contributed by atoms with van der Waals surface area (Å²) in [6.45, 7) is 2.34. The molecule has 11 aromatic rings. The Bertz CT molecular complexity index is 3520. The minimum atomic E-state index is 0.0896. The van der Waals surface area contributed by atoms with Crippen LogP contribution >= 0.6 is 0 Å². The molecule has 3 aromatic heterocycles. The van der Waals surface area contributed by atoms with Gasteiger partial charge in [0.2, 0.25) is 0 Å². The Balaban J connectivity index is 1.23. The van der Waals surface area contributed by atoms with Gasteiger partial charge in [-0.3, -0.25) is 0 Å². The quantitative estimate of drug-likeness (QED) is 0.0991. The van der Waals surface area contributed by atoms with Crippen molar-refractivity contribution in [1.82, 2.24) is 8.97 Å². The molecule has 0 saturated carbocycles. The van der Waals surface area contributed by atoms with Crippen LogP contribution in [0.1, 0.15) is 5.56 Å². The molecular weight excluding hydrogens is 679 g/mol. The van der Waals surface area contributed by atoms with Gasteiger partial charge in [0.25, 0.3) is 12.4 Å². The number of hydrogen-bond donors (Lipinski definition) is 0. The van der Waals surface area contributed by atoms with E-state index in [-0.39, 0.29) is 6.71 Å². The minimum absolute atomic E-state index is 0.0896. The lowest BCUT2D eigenvalue weighted by molar-refractivity contribution is -0.617. The van der Waals surface area contributed by atoms with Gasteiger partial charge in [-0.1, -0.05) is 115 Å². The maximum atomic E-state index is 2.57. The van der Waals surface area contributed by atoms with Crippen LogP contribution in [0.4, 0.5) is 17.1 Å². The second kappa shape index (κ2) is 10.8. The lowest BCUT2D eigenvalue weighted by Gasteiger charge is -2.40. The summed E-state index contributed by atoms with van der Waals surface area (Å²) >= 11 is 0. The van der Waals surface area contributed by atoms with Crippen molar-refractivity contribution < 1.29 is 4.57 Å². The molecule has 0 saturated heterocycles. The van der Waals surface area contributed by atoms with Gasteiger partial charge in [0, 0.05) is 55.4 Å². The maximum absolute atomic E-state index is 2.57. The molecule has 5 heteroatoms. The lowest BCUT2D eigenvalue weighted by Crippen LogP contribution is -2.60. The number of pyridine rings is 1. The van der Waals surface area contributed by atoms with Gasteiger partial charge in [-0.2, -0.15) is 4.40 Å². The lowest BCUT2D eigenvalue weighted by atomic mass is 9.33. The molecule has 5 heterocycles. The van der Waals surface area contributed by atoms with E-state index in [4.69, 9.17) is 0 Å². The number of anilines is 3. The average Bonchev–Trinajstić information content (AvgIpc) is 3.75. The van der Waals surface area contributed by atoms with Crippen LogP contribution in [0.5, 0.6) is 0 Å². The fraction of sp³-hybridized carbons (Fsp3) is 0.0392. The van der Waals surface area contributed by atoms with Crippen molar-refractivity contribution in [3.8, 4) is 16.8 Å². The first-order valence-electron chi connectivity index (χ1n) is 19.6. The Kier molecular flexibility index (Phi) is 5.82. The molecule has 0 unspecified atom stereocenters. The zero-order valence-electron chi connectivity index (χ0n) is 31.0. The predicted molar refractivity (Wildman–Crippen MR) is 235 cm³/mol. The van der Waals surface area contributed by atoms with E-state index < -0.39 is 0 Å². The third-order valence-corrected chi connectivity index (χ3v) is 12.8. The summed E-state index contributed by atoms with van der Waals surface area (Å²) in [6, 6.07) is 63.3. The van der Waals surface area contributed by atoms with E-state index in [1.54, 1.807) is 0 Å². The molecule has 0 radical (unpaired) electrons. The molecule has 0 aliphatic carbocycles. The Morgan fingerprint density at radius 3 is 2.05 bits per heavy atom. The number of hydrogen-bond acceptors (Lipinski definition) is 1. The molecular formula is C51H34BN4+. The standard InChI is InChI=1S/C51H34BN4/c1-31-15-12-21-37-35-18-6-10-26-42(35)56-50-34(20-14-28-44(50)53(2)51(56)47(31)37)32-29-45-48-46(30-32)55-41-25-9-7-19-36(41)38-22-13-24-40(49(38)55)52(48)39-23-8-11-27-43(39)54(45)33-16-4-3-5-17-33/h3-30H,1-2H3/q+1. The zero-order valence-corrected chi connectivity index (χ0v) is 31.0. The van der Waals surface area contributed by atoms with Gasteiger partial charge in [0.15, 0.2) is 11.0 Å². The average molecular weight is 714 g/mol. The number of fused-ring (bicyclic) bond motifs is 15. The fourth-order valence-corrected chi connectivity index (χ4v) is 10.6. The van der Waals surface area contributed by atoms with E-state index in [2.05, 4.69) is 202 Å². The summed E-state index contributed by atoms with van der Waals surface area (Å²) in [6.07, 6.45) is 0. The van der Waals surface area contributed by atoms with Crippen LogP contribution in [-0.2, 0) is 7.05 Å². The Morgan fingerprint density at radius 2 is 1.18 bits per heavy atom. The van der Waals surface area contributed by atoms with Gasteiger partial charge >= 0.3 is 0 Å². The number of imidazole rings is 1. The largest absolute Gasteiger partial charge is 0.311 e. The van der Waals surface area contributed by atoms with Gasteiger partial charge in [0.1, 0.15) is 5.52 Å². The molecule has 56 heavy (non-hydrogen) atoms. The predicted octanol–water partition coefficient (Wildman–Crippen LogP) is 9.91. The van der Waals surface area contributed by atoms with Crippen LogP contribution in [0.25, 0.3) is 77.0 Å². The van der Waals surface area contributed by atoms with Crippen molar-refractivity contribution in [3.05, 3.63) is 175 Å². The molecule has 0 spiro atoms. The second-order valence-corrected chi connectivity index (χ2v) is 15.6. The van der Waals surface area contributed by atoms with E-state index in [1.165, 1.54) is 110 Å². The van der Waals surface area contributed by atoms with Crippen LogP contribution < -0.4 is 25.9 Å². The number of aryl methyl sites for hydroxylation is 2. The van der Waals surface area contributed by atoms with Crippen LogP contribution in [-0.4, -0.2) is 15.7 Å². The molecule has 2 aliphatic heterocycles. The summed E-state index contributed by atoms with van der Waals surface area (Å²) in [7, 11) is 2.23. The van der Waals surface area contributed by atoms with Crippen molar-refractivity contribution in [1.29, 1.82) is 0 Å². The minimum Gasteiger partial charge on any atom is -0.311 e. The van der Waals surface area contributed by atoms with Crippen LogP contribution in [0.3, 0.4) is 0 Å². The molecule has 0 amide bonds. The monoisotopic (exact) mass is 713 g/mol. The molecule has 0 atom stereocenters. The van der Waals surface area contributed by atoms with Gasteiger partial charge in [-0.15, -0.1) is 0 Å². The first kappa shape index (κ1) is 30.2. The van der Waals surface area contributed by atoms with Crippen LogP contribution in [0, 0.1) is 6.92 Å². The Hall–Kier alpha value is -7.11. The highest BCUT2D eigenvalue weighted by Crippen LogP contribution is 2.44. The first-order chi connectivity index (χ1) is 27.7. The van der Waals surface area contributed by atoms with E-state index >= 15 is 0 Å². The highest BCUT2D eigenvalue weighted by atomic mass is 15.2. The topological polar surface area (TPSA) is 16.5 Å². The van der Waals surface area contributed by atoms with E-state index in [9.17, 15) is 0 Å². The number of benzene rings is 8. The first-order valence-corrected chi connectivity index (χ1v) is 19.6. The van der Waals surface area contributed by atoms with Crippen molar-refractivity contribution >= 4 is 100 Å². The van der Waals surface area contributed by atoms with Gasteiger partial charge < -0.3 is 9.47 Å². The zero-order chi connectivity index (χ0) is 36.8. The second-order valence-electron chi connectivity index (χ2n) is 15.6. The van der Waals surface area contributed by atoms with Crippen molar-refractivity contribution in [2.75, 3.05) is 4.90 Å². The highest BCUT2D eigenvalue weighted by molar-refractivity contribution is 7.00. The van der Waals surface area contributed by atoms with Crippen molar-refractivity contribution in [2.24, 2.45) is 7.05 Å². The fourth-order valence-electron chi connectivity index (χ4n) is 10.6. The molecule has 8 aromatic carbocycles. The van der Waals surface area contributed by atoms with Crippen molar-refractivity contribution in [2.45, 2.75) is 6.92 Å². The Labute approximate surface area is 323 Å². The maximum Gasteiger partial charge on any atom is 0.295 e. The third kappa shape index (κ3) is 3.68. The smallest absolute Gasteiger partial charge is 0.295 e. The summed E-state index contributed by atoms with van der Waals surface area (Å²) in [5.41, 5.74) is 20.0. The molecule has 260 valence electrons. The number of aromatic nitrogens is 3. The molecule has 13 rings (SSSR count). The van der Waals surface area contributed by atoms with E-state index in [1.807, 2.05) is 0 Å². The van der Waals surface area contributed by atoms with E-state index in [0.717, 1.165) is 5.69 Å². The molecule has 0 N–H and O–H groups in total. The van der Waals surface area contributed by atoms with Gasteiger partial charge in [0.05, 0.1) is 18.0 Å². The summed E-state index contributed by atoms with van der Waals surface area (Å²) in [5.74, 6) is 0. The van der Waals surface area contributed by atoms with Gasteiger partial charge in [-0.05, 0) is 89.0 Å². The highest BCUT2D eigenvalue weighted by Gasteiger charge is 2.42. The third-order valence-electron chi connectivity index (χ3n) is 12.8. The number of nitrogens with zero attached hydrogens (tertiary/aromatic N) is 4. The summed E-state index contributed by atoms with van der Waals surface area (Å²) in [4.78, 5) is 2.51. The normalized spacial score (nSPS) is 13.1. The molecule has 0 bridgehead atoms. The van der Waals surface area contributed by atoms with E-state index in [0.29, 0.717) is 0 Å². The van der Waals surface area contributed by atoms with Crippen molar-refractivity contribution in [3.63, 3.8) is 0 Å². The summed E-state index contributed by atoms with van der Waals surface area (Å²) < 4.78 is 7.51. The Morgan fingerprint density at radius 1 is 0.518 bits per heavy atom. The molecule has 4 nitrogen and oxygen atoms in total.